The second kappa shape index (κ2) is 5.00. The maximum atomic E-state index is 13.9. The minimum Gasteiger partial charge on any atom is -0.386 e. The fourth-order valence-corrected chi connectivity index (χ4v) is 2.58. The molecule has 0 amide bonds. The Hall–Kier alpha value is -1.15. The van der Waals surface area contributed by atoms with Gasteiger partial charge in [-0.3, -0.25) is 4.99 Å². The van der Waals surface area contributed by atoms with E-state index in [4.69, 9.17) is 10.5 Å². The van der Waals surface area contributed by atoms with E-state index in [0.717, 1.165) is 13.0 Å². The Bertz CT molecular complexity index is 561. The first-order valence-electron chi connectivity index (χ1n) is 5.62. The molecule has 0 saturated carbocycles. The fraction of sp³-hybridized carbons (Fsp3) is 0.417. The number of hydrogen-bond donors (Lipinski definition) is 1. The lowest BCUT2D eigenvalue weighted by molar-refractivity contribution is -0.238. The smallest absolute Gasteiger partial charge is 0.386 e. The predicted molar refractivity (Wildman–Crippen MR) is 68.9 cm³/mol. The molecule has 0 spiro atoms. The molecule has 1 aromatic rings. The van der Waals surface area contributed by atoms with Crippen LogP contribution >= 0.6 is 15.9 Å². The summed E-state index contributed by atoms with van der Waals surface area (Å²) in [6.45, 7) is 0.720. The second-order valence-electron chi connectivity index (χ2n) is 4.61. The summed E-state index contributed by atoms with van der Waals surface area (Å²) in [5, 5.41) is 0. The summed E-state index contributed by atoms with van der Waals surface area (Å²) in [7, 11) is 0. The number of amidine groups is 1. The van der Waals surface area contributed by atoms with Crippen LogP contribution in [-0.2, 0) is 10.3 Å². The van der Waals surface area contributed by atoms with Crippen LogP contribution in [0.4, 0.5) is 17.6 Å². The Morgan fingerprint density at radius 2 is 2.10 bits per heavy atom. The minimum absolute atomic E-state index is 0.104. The second-order valence-corrected chi connectivity index (χ2v) is 5.52. The van der Waals surface area contributed by atoms with E-state index in [1.54, 1.807) is 0 Å². The third kappa shape index (κ3) is 2.67. The van der Waals surface area contributed by atoms with Crippen molar-refractivity contribution in [3.63, 3.8) is 0 Å². The largest absolute Gasteiger partial charge is 0.417 e. The molecule has 2 atom stereocenters. The van der Waals surface area contributed by atoms with Crippen LogP contribution < -0.4 is 5.73 Å². The highest BCUT2D eigenvalue weighted by Gasteiger charge is 2.56. The van der Waals surface area contributed by atoms with Gasteiger partial charge >= 0.3 is 6.18 Å². The third-order valence-electron chi connectivity index (χ3n) is 3.06. The number of nitrogens with zero attached hydrogens (tertiary/aromatic N) is 1. The molecule has 1 aliphatic heterocycles. The Balaban J connectivity index is 2.63. The van der Waals surface area contributed by atoms with Crippen molar-refractivity contribution in [3.8, 4) is 0 Å². The third-order valence-corrected chi connectivity index (χ3v) is 3.55. The molecule has 0 saturated heterocycles. The molecular weight excluding hydrogens is 344 g/mol. The summed E-state index contributed by atoms with van der Waals surface area (Å²) < 4.78 is 58.5. The molecule has 1 heterocycles. The normalized spacial score (nSPS) is 27.3. The van der Waals surface area contributed by atoms with Gasteiger partial charge in [0.2, 0.25) is 0 Å². The van der Waals surface area contributed by atoms with Gasteiger partial charge in [0.1, 0.15) is 23.8 Å². The summed E-state index contributed by atoms with van der Waals surface area (Å²) in [6.07, 6.45) is -6.95. The van der Waals surface area contributed by atoms with Crippen molar-refractivity contribution in [2.45, 2.75) is 24.7 Å². The summed E-state index contributed by atoms with van der Waals surface area (Å²) in [6, 6.07) is 3.71. The fourth-order valence-electron chi connectivity index (χ4n) is 2.22. The highest BCUT2D eigenvalue weighted by atomic mass is 79.9. The van der Waals surface area contributed by atoms with E-state index in [9.17, 15) is 17.6 Å². The number of ether oxygens (including phenoxy) is 1. The first-order valence-corrected chi connectivity index (χ1v) is 6.42. The Morgan fingerprint density at radius 3 is 2.70 bits per heavy atom. The lowest BCUT2D eigenvalue weighted by Crippen LogP contribution is -2.53. The van der Waals surface area contributed by atoms with Gasteiger partial charge in [0.15, 0.2) is 6.10 Å². The highest BCUT2D eigenvalue weighted by molar-refractivity contribution is 9.10. The van der Waals surface area contributed by atoms with Gasteiger partial charge in [0, 0.05) is 10.0 Å². The van der Waals surface area contributed by atoms with Gasteiger partial charge < -0.3 is 10.5 Å². The van der Waals surface area contributed by atoms with Gasteiger partial charge in [-0.15, -0.1) is 0 Å². The molecule has 8 heteroatoms. The molecule has 3 nitrogen and oxygen atoms in total. The van der Waals surface area contributed by atoms with Crippen molar-refractivity contribution in [1.82, 2.24) is 0 Å². The number of rotatable bonds is 1. The standard InChI is InChI=1S/C12H11BrF4N2O/c1-11(7-4-6(13)2-3-8(7)14)10(12(15,16)17)20-5-9(18)19-11/h2-4,10H,5H2,1H3,(H2,18,19)/t10-,11-/m1/s1. The zero-order valence-electron chi connectivity index (χ0n) is 10.3. The molecule has 0 aromatic heterocycles. The SMILES string of the molecule is C[C@]1(c2cc(Br)ccc2F)N=C(N)CO[C@H]1C(F)(F)F. The molecule has 0 unspecified atom stereocenters. The van der Waals surface area contributed by atoms with Gasteiger partial charge in [-0.25, -0.2) is 4.39 Å². The molecule has 1 aliphatic rings. The van der Waals surface area contributed by atoms with Crippen molar-refractivity contribution >= 4 is 21.8 Å². The van der Waals surface area contributed by atoms with E-state index in [1.165, 1.54) is 12.1 Å². The molecule has 2 N–H and O–H groups in total. The molecule has 20 heavy (non-hydrogen) atoms. The van der Waals surface area contributed by atoms with Gasteiger partial charge in [0.05, 0.1) is 0 Å². The molecule has 110 valence electrons. The number of aliphatic imine (C=N–C) groups is 1. The van der Waals surface area contributed by atoms with Crippen LogP contribution in [0.15, 0.2) is 27.7 Å². The molecule has 0 radical (unpaired) electrons. The van der Waals surface area contributed by atoms with Crippen LogP contribution in [0.3, 0.4) is 0 Å². The average molecular weight is 355 g/mol. The van der Waals surface area contributed by atoms with Crippen molar-refractivity contribution < 1.29 is 22.3 Å². The van der Waals surface area contributed by atoms with Crippen LogP contribution in [-0.4, -0.2) is 24.7 Å². The number of halogens is 5. The maximum Gasteiger partial charge on any atom is 0.417 e. The summed E-state index contributed by atoms with van der Waals surface area (Å²) in [5.74, 6) is -0.903. The summed E-state index contributed by atoms with van der Waals surface area (Å²) in [5.41, 5.74) is 3.28. The molecule has 2 rings (SSSR count). The lowest BCUT2D eigenvalue weighted by atomic mass is 9.85. The van der Waals surface area contributed by atoms with E-state index in [-0.39, 0.29) is 11.4 Å². The van der Waals surface area contributed by atoms with E-state index >= 15 is 0 Å². The number of alkyl halides is 3. The molecule has 0 aliphatic carbocycles. The first-order chi connectivity index (χ1) is 9.14. The Morgan fingerprint density at radius 1 is 1.45 bits per heavy atom. The first kappa shape index (κ1) is 15.2. The average Bonchev–Trinajstić information content (AvgIpc) is 2.30. The van der Waals surface area contributed by atoms with Crippen molar-refractivity contribution in [1.29, 1.82) is 0 Å². The minimum atomic E-state index is -4.69. The van der Waals surface area contributed by atoms with Crippen LogP contribution in [0.2, 0.25) is 0 Å². The van der Waals surface area contributed by atoms with Gasteiger partial charge in [-0.1, -0.05) is 15.9 Å². The monoisotopic (exact) mass is 354 g/mol. The van der Waals surface area contributed by atoms with Crippen molar-refractivity contribution in [2.24, 2.45) is 10.7 Å². The van der Waals surface area contributed by atoms with E-state index in [1.807, 2.05) is 0 Å². The molecule has 0 fully saturated rings. The topological polar surface area (TPSA) is 47.6 Å². The zero-order valence-corrected chi connectivity index (χ0v) is 11.9. The molecule has 1 aromatic carbocycles. The van der Waals surface area contributed by atoms with Crippen LogP contribution in [0.1, 0.15) is 12.5 Å². The van der Waals surface area contributed by atoms with Gasteiger partial charge in [0.25, 0.3) is 0 Å². The van der Waals surface area contributed by atoms with Crippen LogP contribution in [0, 0.1) is 5.82 Å². The van der Waals surface area contributed by atoms with Crippen LogP contribution in [0.25, 0.3) is 0 Å². The van der Waals surface area contributed by atoms with E-state index < -0.39 is 30.2 Å². The van der Waals surface area contributed by atoms with Gasteiger partial charge in [-0.05, 0) is 25.1 Å². The molecule has 0 bridgehead atoms. The van der Waals surface area contributed by atoms with E-state index in [2.05, 4.69) is 20.9 Å². The number of hydrogen-bond acceptors (Lipinski definition) is 3. The molecular formula is C12H11BrF4N2O. The van der Waals surface area contributed by atoms with Crippen molar-refractivity contribution in [2.75, 3.05) is 6.61 Å². The zero-order chi connectivity index (χ0) is 15.1. The predicted octanol–water partition coefficient (Wildman–Crippen LogP) is 3.12. The summed E-state index contributed by atoms with van der Waals surface area (Å²) in [4.78, 5) is 3.82. The number of benzene rings is 1. The maximum absolute atomic E-state index is 13.9. The van der Waals surface area contributed by atoms with Crippen molar-refractivity contribution in [3.05, 3.63) is 34.1 Å². The van der Waals surface area contributed by atoms with Crippen LogP contribution in [0.5, 0.6) is 0 Å². The quantitative estimate of drug-likeness (QED) is 0.787. The lowest BCUT2D eigenvalue weighted by Gasteiger charge is -2.39. The highest BCUT2D eigenvalue weighted by Crippen LogP contribution is 2.43. The Kier molecular flexibility index (Phi) is 3.81. The van der Waals surface area contributed by atoms with E-state index in [0.29, 0.717) is 4.47 Å². The Labute approximate surface area is 120 Å². The number of nitrogens with two attached hydrogens (primary N) is 1. The van der Waals surface area contributed by atoms with Gasteiger partial charge in [-0.2, -0.15) is 13.2 Å². The summed E-state index contributed by atoms with van der Waals surface area (Å²) >= 11 is 3.10.